The number of thiophene rings is 1. The molecule has 0 spiro atoms. The second-order valence-corrected chi connectivity index (χ2v) is 4.00. The van der Waals surface area contributed by atoms with E-state index in [0.29, 0.717) is 5.82 Å². The molecule has 0 amide bonds. The van der Waals surface area contributed by atoms with Gasteiger partial charge in [0.1, 0.15) is 0 Å². The zero-order chi connectivity index (χ0) is 9.10. The summed E-state index contributed by atoms with van der Waals surface area (Å²) in [5.74, 6) is 0.583. The van der Waals surface area contributed by atoms with Gasteiger partial charge in [0.25, 0.3) is 0 Å². The lowest BCUT2D eigenvalue weighted by atomic mass is 10.4. The summed E-state index contributed by atoms with van der Waals surface area (Å²) >= 11 is 5.02. The third kappa shape index (κ3) is 1.89. The number of nitrogens with zero attached hydrogens (tertiary/aromatic N) is 4. The van der Waals surface area contributed by atoms with Crippen LogP contribution in [0.5, 0.6) is 0 Å². The maximum atomic E-state index is 3.87. The molecule has 2 aromatic rings. The summed E-state index contributed by atoms with van der Waals surface area (Å²) in [6, 6.07) is 4.01. The van der Waals surface area contributed by atoms with Gasteiger partial charge in [0.15, 0.2) is 6.33 Å². The van der Waals surface area contributed by atoms with Gasteiger partial charge in [-0.25, -0.2) is 0 Å². The van der Waals surface area contributed by atoms with Gasteiger partial charge < -0.3 is 0 Å². The lowest BCUT2D eigenvalue weighted by Crippen LogP contribution is -1.91. The molecule has 0 atom stereocenters. The minimum Gasteiger partial charge on any atom is -0.136 e. The Kier molecular flexibility index (Phi) is 2.60. The van der Waals surface area contributed by atoms with Crippen LogP contribution < -0.4 is 0 Å². The first-order valence-electron chi connectivity index (χ1n) is 3.55. The summed E-state index contributed by atoms with van der Waals surface area (Å²) in [4.78, 5) is 2.23. The van der Waals surface area contributed by atoms with Crippen LogP contribution in [-0.2, 0) is 5.33 Å². The van der Waals surface area contributed by atoms with E-state index in [4.69, 9.17) is 0 Å². The van der Waals surface area contributed by atoms with Crippen LogP contribution in [0.15, 0.2) is 18.5 Å². The maximum Gasteiger partial charge on any atom is 0.213 e. The standard InChI is InChI=1S/C7H5BrN4S/c8-3-5-1-2-6(13-5)7-11-9-4-10-12-7/h1-2,4H,3H2. The number of halogens is 1. The second-order valence-electron chi connectivity index (χ2n) is 2.27. The first-order valence-corrected chi connectivity index (χ1v) is 5.49. The molecule has 0 saturated heterocycles. The molecule has 2 aromatic heterocycles. The Morgan fingerprint density at radius 3 is 2.62 bits per heavy atom. The lowest BCUT2D eigenvalue weighted by Gasteiger charge is -1.89. The van der Waals surface area contributed by atoms with Crippen molar-refractivity contribution < 1.29 is 0 Å². The Labute approximate surface area is 87.2 Å². The van der Waals surface area contributed by atoms with Crippen LogP contribution in [0, 0.1) is 0 Å². The quantitative estimate of drug-likeness (QED) is 0.771. The van der Waals surface area contributed by atoms with Crippen LogP contribution in [0.2, 0.25) is 0 Å². The van der Waals surface area contributed by atoms with Gasteiger partial charge in [0.2, 0.25) is 5.82 Å². The van der Waals surface area contributed by atoms with Crippen molar-refractivity contribution in [3.05, 3.63) is 23.3 Å². The van der Waals surface area contributed by atoms with Crippen molar-refractivity contribution in [3.8, 4) is 10.7 Å². The fourth-order valence-electron chi connectivity index (χ4n) is 0.873. The molecule has 2 heterocycles. The van der Waals surface area contributed by atoms with Gasteiger partial charge in [-0.2, -0.15) is 0 Å². The van der Waals surface area contributed by atoms with E-state index in [9.17, 15) is 0 Å². The van der Waals surface area contributed by atoms with Crippen LogP contribution >= 0.6 is 27.3 Å². The van der Waals surface area contributed by atoms with E-state index in [2.05, 4.69) is 36.3 Å². The number of hydrogen-bond donors (Lipinski definition) is 0. The molecule has 0 aliphatic heterocycles. The van der Waals surface area contributed by atoms with Gasteiger partial charge in [0, 0.05) is 10.2 Å². The van der Waals surface area contributed by atoms with E-state index in [-0.39, 0.29) is 0 Å². The predicted octanol–water partition coefficient (Wildman–Crippen LogP) is 1.89. The average molecular weight is 257 g/mol. The van der Waals surface area contributed by atoms with E-state index >= 15 is 0 Å². The lowest BCUT2D eigenvalue weighted by molar-refractivity contribution is 0.867. The molecule has 6 heteroatoms. The maximum absolute atomic E-state index is 3.87. The van der Waals surface area contributed by atoms with Crippen LogP contribution in [0.1, 0.15) is 4.88 Å². The van der Waals surface area contributed by atoms with Crippen molar-refractivity contribution in [2.45, 2.75) is 5.33 Å². The molecule has 13 heavy (non-hydrogen) atoms. The summed E-state index contributed by atoms with van der Waals surface area (Å²) in [5, 5.41) is 15.9. The van der Waals surface area contributed by atoms with E-state index in [1.165, 1.54) is 11.2 Å². The Hall–Kier alpha value is -0.880. The zero-order valence-electron chi connectivity index (χ0n) is 6.51. The van der Waals surface area contributed by atoms with Crippen molar-refractivity contribution in [3.63, 3.8) is 0 Å². The first kappa shape index (κ1) is 8.71. The highest BCUT2D eigenvalue weighted by molar-refractivity contribution is 9.08. The smallest absolute Gasteiger partial charge is 0.136 e. The number of aromatic nitrogens is 4. The molecule has 4 nitrogen and oxygen atoms in total. The highest BCUT2D eigenvalue weighted by Crippen LogP contribution is 2.25. The van der Waals surface area contributed by atoms with E-state index in [1.54, 1.807) is 11.3 Å². The number of rotatable bonds is 2. The van der Waals surface area contributed by atoms with Crippen LogP contribution in [0.3, 0.4) is 0 Å². The Balaban J connectivity index is 2.36. The molecule has 2 rings (SSSR count). The molecule has 0 saturated carbocycles. The first-order chi connectivity index (χ1) is 6.40. The van der Waals surface area contributed by atoms with Gasteiger partial charge in [0.05, 0.1) is 4.88 Å². The Bertz CT molecular complexity index is 388. The summed E-state index contributed by atoms with van der Waals surface area (Å²) in [7, 11) is 0. The van der Waals surface area contributed by atoms with E-state index in [0.717, 1.165) is 10.2 Å². The minimum atomic E-state index is 0.583. The summed E-state index contributed by atoms with van der Waals surface area (Å²) in [6.07, 6.45) is 1.32. The van der Waals surface area contributed by atoms with Crippen molar-refractivity contribution in [2.75, 3.05) is 0 Å². The molecule has 0 aliphatic rings. The molecule has 66 valence electrons. The summed E-state index contributed by atoms with van der Waals surface area (Å²) in [6.45, 7) is 0. The largest absolute Gasteiger partial charge is 0.213 e. The zero-order valence-corrected chi connectivity index (χ0v) is 8.92. The fourth-order valence-corrected chi connectivity index (χ4v) is 2.18. The van der Waals surface area contributed by atoms with Crippen LogP contribution in [-0.4, -0.2) is 20.4 Å². The molecular weight excluding hydrogens is 252 g/mol. The minimum absolute atomic E-state index is 0.583. The van der Waals surface area contributed by atoms with E-state index in [1.807, 2.05) is 12.1 Å². The molecular formula is C7H5BrN4S. The molecule has 0 fully saturated rings. The van der Waals surface area contributed by atoms with Gasteiger partial charge >= 0.3 is 0 Å². The topological polar surface area (TPSA) is 51.6 Å². The average Bonchev–Trinajstić information content (AvgIpc) is 2.67. The van der Waals surface area contributed by atoms with Crippen molar-refractivity contribution in [1.29, 1.82) is 0 Å². The second kappa shape index (κ2) is 3.89. The Morgan fingerprint density at radius 1 is 1.23 bits per heavy atom. The number of alkyl halides is 1. The molecule has 0 radical (unpaired) electrons. The summed E-state index contributed by atoms with van der Waals surface area (Å²) in [5.41, 5.74) is 0. The normalized spacial score (nSPS) is 10.2. The molecule has 0 unspecified atom stereocenters. The SMILES string of the molecule is BrCc1ccc(-c2nncnn2)s1. The molecule has 0 bridgehead atoms. The van der Waals surface area contributed by atoms with Crippen LogP contribution in [0.4, 0.5) is 0 Å². The predicted molar refractivity (Wildman–Crippen MR) is 53.6 cm³/mol. The Morgan fingerprint density at radius 2 is 2.00 bits per heavy atom. The third-order valence-corrected chi connectivity index (χ3v) is 3.48. The number of hydrogen-bond acceptors (Lipinski definition) is 5. The highest BCUT2D eigenvalue weighted by Gasteiger charge is 2.04. The molecule has 0 N–H and O–H groups in total. The van der Waals surface area contributed by atoms with Gasteiger partial charge in [-0.05, 0) is 12.1 Å². The van der Waals surface area contributed by atoms with Gasteiger partial charge in [-0.3, -0.25) is 0 Å². The van der Waals surface area contributed by atoms with E-state index < -0.39 is 0 Å². The van der Waals surface area contributed by atoms with Crippen molar-refractivity contribution in [1.82, 2.24) is 20.4 Å². The summed E-state index contributed by atoms with van der Waals surface area (Å²) < 4.78 is 0. The van der Waals surface area contributed by atoms with Gasteiger partial charge in [-0.15, -0.1) is 31.7 Å². The highest BCUT2D eigenvalue weighted by atomic mass is 79.9. The fraction of sp³-hybridized carbons (Fsp3) is 0.143. The monoisotopic (exact) mass is 256 g/mol. The molecule has 0 aromatic carbocycles. The van der Waals surface area contributed by atoms with Crippen molar-refractivity contribution in [2.24, 2.45) is 0 Å². The molecule has 0 aliphatic carbocycles. The van der Waals surface area contributed by atoms with Gasteiger partial charge in [-0.1, -0.05) is 15.9 Å². The third-order valence-electron chi connectivity index (χ3n) is 1.42. The van der Waals surface area contributed by atoms with Crippen LogP contribution in [0.25, 0.3) is 10.7 Å². The van der Waals surface area contributed by atoms with Crippen molar-refractivity contribution >= 4 is 27.3 Å².